The van der Waals surface area contributed by atoms with Gasteiger partial charge in [-0.1, -0.05) is 57.5 Å². The van der Waals surface area contributed by atoms with Crippen LogP contribution in [0.15, 0.2) is 48.7 Å². The molecule has 0 aliphatic carbocycles. The molecule has 1 amide bonds. The highest BCUT2D eigenvalue weighted by Gasteiger charge is 2.39. The summed E-state index contributed by atoms with van der Waals surface area (Å²) in [5, 5.41) is 0. The third-order valence-corrected chi connectivity index (χ3v) is 5.13. The Bertz CT molecular complexity index is 757. The number of anilines is 1. The van der Waals surface area contributed by atoms with Crippen molar-refractivity contribution in [1.29, 1.82) is 0 Å². The van der Waals surface area contributed by atoms with Gasteiger partial charge in [0.15, 0.2) is 17.7 Å². The lowest BCUT2D eigenvalue weighted by Gasteiger charge is -2.40. The van der Waals surface area contributed by atoms with Gasteiger partial charge >= 0.3 is 0 Å². The van der Waals surface area contributed by atoms with Crippen LogP contribution in [0.5, 0.6) is 5.75 Å². The molecule has 1 aromatic carbocycles. The van der Waals surface area contributed by atoms with Crippen molar-refractivity contribution in [3.05, 3.63) is 54.2 Å². The van der Waals surface area contributed by atoms with Crippen molar-refractivity contribution >= 4 is 36.5 Å². The van der Waals surface area contributed by atoms with E-state index >= 15 is 0 Å². The molecule has 1 aliphatic rings. The summed E-state index contributed by atoms with van der Waals surface area (Å²) >= 11 is 0. The predicted molar refractivity (Wildman–Crippen MR) is 123 cm³/mol. The minimum atomic E-state index is -0.449. The van der Waals surface area contributed by atoms with Crippen LogP contribution in [0.2, 0.25) is 0 Å². The molecule has 0 bridgehead atoms. The maximum absolute atomic E-state index is 13.4. The molecule has 29 heavy (non-hydrogen) atoms. The molecule has 2 unspecified atom stereocenters. The van der Waals surface area contributed by atoms with E-state index in [9.17, 15) is 4.79 Å². The van der Waals surface area contributed by atoms with Gasteiger partial charge in [0, 0.05) is 12.7 Å². The number of nitrogens with zero attached hydrogens (tertiary/aromatic N) is 3. The van der Waals surface area contributed by atoms with Gasteiger partial charge in [-0.15, -0.1) is 24.8 Å². The van der Waals surface area contributed by atoms with Crippen molar-refractivity contribution in [3.63, 3.8) is 0 Å². The number of carbonyl (C=O) groups is 1. The van der Waals surface area contributed by atoms with Gasteiger partial charge in [0.25, 0.3) is 5.91 Å². The topological polar surface area (TPSA) is 45.7 Å². The van der Waals surface area contributed by atoms with Gasteiger partial charge in [0.05, 0.1) is 6.04 Å². The molecule has 0 saturated heterocycles. The second-order valence-electron chi connectivity index (χ2n) is 6.84. The highest BCUT2D eigenvalue weighted by atomic mass is 35.5. The summed E-state index contributed by atoms with van der Waals surface area (Å²) < 4.78 is 5.99. The van der Waals surface area contributed by atoms with Gasteiger partial charge < -0.3 is 9.64 Å². The minimum Gasteiger partial charge on any atom is -0.477 e. The first-order valence-corrected chi connectivity index (χ1v) is 9.91. The lowest BCUT2D eigenvalue weighted by molar-refractivity contribution is -0.127. The number of aromatic nitrogens is 1. The summed E-state index contributed by atoms with van der Waals surface area (Å²) in [5.41, 5.74) is 1.12. The molecule has 0 fully saturated rings. The molecular weight excluding hydrogens is 409 g/mol. The van der Waals surface area contributed by atoms with E-state index in [1.807, 2.05) is 35.2 Å². The molecule has 2 aromatic rings. The first-order valence-electron chi connectivity index (χ1n) is 9.91. The first-order chi connectivity index (χ1) is 13.2. The van der Waals surface area contributed by atoms with Crippen LogP contribution >= 0.6 is 24.8 Å². The zero-order valence-electron chi connectivity index (χ0n) is 17.3. The van der Waals surface area contributed by atoms with Crippen LogP contribution in [0.4, 0.5) is 5.82 Å². The van der Waals surface area contributed by atoms with Crippen LogP contribution in [0.25, 0.3) is 0 Å². The van der Waals surface area contributed by atoms with Crippen molar-refractivity contribution in [2.24, 2.45) is 0 Å². The molecular formula is C22H31Cl2N3O2. The third-order valence-electron chi connectivity index (χ3n) is 5.13. The zero-order chi connectivity index (χ0) is 19.2. The zero-order valence-corrected chi connectivity index (χ0v) is 18.9. The molecule has 5 nitrogen and oxygen atoms in total. The normalized spacial score (nSPS) is 16.3. The van der Waals surface area contributed by atoms with Crippen molar-refractivity contribution in [1.82, 2.24) is 9.88 Å². The number of fused-ring (bicyclic) bond motifs is 1. The monoisotopic (exact) mass is 439 g/mol. The Morgan fingerprint density at radius 1 is 1.07 bits per heavy atom. The second kappa shape index (κ2) is 12.0. The van der Waals surface area contributed by atoms with E-state index < -0.39 is 6.10 Å². The number of amides is 1. The van der Waals surface area contributed by atoms with E-state index in [0.717, 1.165) is 31.6 Å². The number of ether oxygens (including phenoxy) is 1. The Hall–Kier alpha value is -1.82. The van der Waals surface area contributed by atoms with E-state index in [1.54, 1.807) is 6.20 Å². The maximum Gasteiger partial charge on any atom is 0.269 e. The Morgan fingerprint density at radius 3 is 2.38 bits per heavy atom. The van der Waals surface area contributed by atoms with Crippen molar-refractivity contribution < 1.29 is 9.53 Å². The summed E-state index contributed by atoms with van der Waals surface area (Å²) in [6.07, 6.45) is 2.87. The molecule has 0 radical (unpaired) electrons. The standard InChI is InChI=1S/C22H29N3O2.2ClH/c1-4-11-20-22(26)25(21-19(27-20)14-10-15-23-21)18(16-24(5-2)6-3)17-12-8-7-9-13-17;;/h7-10,12-15,18,20H,4-6,11,16H2,1-3H3;2*1H. The van der Waals surface area contributed by atoms with Gasteiger partial charge in [-0.05, 0) is 37.2 Å². The molecule has 0 saturated carbocycles. The number of benzene rings is 1. The van der Waals surface area contributed by atoms with Gasteiger partial charge in [0.2, 0.25) is 0 Å². The largest absolute Gasteiger partial charge is 0.477 e. The Kier molecular flexibility index (Phi) is 10.4. The fourth-order valence-electron chi connectivity index (χ4n) is 3.60. The highest BCUT2D eigenvalue weighted by molar-refractivity contribution is 5.99. The highest BCUT2D eigenvalue weighted by Crippen LogP contribution is 2.38. The van der Waals surface area contributed by atoms with Gasteiger partial charge in [-0.3, -0.25) is 9.69 Å². The maximum atomic E-state index is 13.4. The first kappa shape index (κ1) is 25.2. The lowest BCUT2D eigenvalue weighted by atomic mass is 10.0. The van der Waals surface area contributed by atoms with Crippen molar-refractivity contribution in [2.45, 2.75) is 45.8 Å². The van der Waals surface area contributed by atoms with Crippen LogP contribution in [0.3, 0.4) is 0 Å². The molecule has 3 rings (SSSR count). The third kappa shape index (κ3) is 5.62. The average molecular weight is 440 g/mol. The Morgan fingerprint density at radius 2 is 1.76 bits per heavy atom. The number of hydrogen-bond acceptors (Lipinski definition) is 4. The lowest BCUT2D eigenvalue weighted by Crippen LogP contribution is -2.50. The summed E-state index contributed by atoms with van der Waals surface area (Å²) in [6, 6.07) is 13.9. The smallest absolute Gasteiger partial charge is 0.269 e. The van der Waals surface area contributed by atoms with Gasteiger partial charge in [-0.2, -0.15) is 0 Å². The van der Waals surface area contributed by atoms with Crippen molar-refractivity contribution in [3.8, 4) is 5.75 Å². The summed E-state index contributed by atoms with van der Waals surface area (Å²) in [5.74, 6) is 1.32. The molecule has 1 aromatic heterocycles. The fraction of sp³-hybridized carbons (Fsp3) is 0.455. The molecule has 0 N–H and O–H groups in total. The molecule has 0 spiro atoms. The molecule has 7 heteroatoms. The minimum absolute atomic E-state index is 0. The second-order valence-corrected chi connectivity index (χ2v) is 6.84. The van der Waals surface area contributed by atoms with E-state index in [0.29, 0.717) is 18.0 Å². The van der Waals surface area contributed by atoms with Crippen molar-refractivity contribution in [2.75, 3.05) is 24.5 Å². The molecule has 160 valence electrons. The summed E-state index contributed by atoms with van der Waals surface area (Å²) in [4.78, 5) is 22.1. The Labute approximate surface area is 186 Å². The molecule has 2 heterocycles. The summed E-state index contributed by atoms with van der Waals surface area (Å²) in [6.45, 7) is 9.01. The molecule has 1 aliphatic heterocycles. The van der Waals surface area contributed by atoms with Crippen LogP contribution in [-0.2, 0) is 4.79 Å². The summed E-state index contributed by atoms with van der Waals surface area (Å²) in [7, 11) is 0. The average Bonchev–Trinajstić information content (AvgIpc) is 2.71. The van der Waals surface area contributed by atoms with Crippen LogP contribution < -0.4 is 9.64 Å². The SMILES string of the molecule is CCCC1Oc2cccnc2N(C(CN(CC)CC)c2ccccc2)C1=O.Cl.Cl. The van der Waals surface area contributed by atoms with E-state index in [-0.39, 0.29) is 36.8 Å². The van der Waals surface area contributed by atoms with E-state index in [2.05, 4.69) is 42.8 Å². The van der Waals surface area contributed by atoms with Gasteiger partial charge in [0.1, 0.15) is 0 Å². The van der Waals surface area contributed by atoms with Crippen LogP contribution in [0, 0.1) is 0 Å². The van der Waals surface area contributed by atoms with E-state index in [1.165, 1.54) is 0 Å². The number of carbonyl (C=O) groups excluding carboxylic acids is 1. The number of halogens is 2. The fourth-order valence-corrected chi connectivity index (χ4v) is 3.60. The van der Waals surface area contributed by atoms with Gasteiger partial charge in [-0.25, -0.2) is 4.98 Å². The molecule has 2 atom stereocenters. The van der Waals surface area contributed by atoms with Crippen LogP contribution in [-0.4, -0.2) is 41.5 Å². The quantitative estimate of drug-likeness (QED) is 0.586. The number of hydrogen-bond donors (Lipinski definition) is 0. The predicted octanol–water partition coefficient (Wildman–Crippen LogP) is 4.90. The Balaban J connectivity index is 0.00000210. The van der Waals surface area contributed by atoms with Crippen LogP contribution in [0.1, 0.15) is 45.2 Å². The number of pyridine rings is 1. The number of likely N-dealkylation sites (N-methyl/N-ethyl adjacent to an activating group) is 1. The van der Waals surface area contributed by atoms with E-state index in [4.69, 9.17) is 4.74 Å². The number of rotatable bonds is 8.